The van der Waals surface area contributed by atoms with Gasteiger partial charge in [0.25, 0.3) is 0 Å². The molecule has 0 aliphatic heterocycles. The summed E-state index contributed by atoms with van der Waals surface area (Å²) in [5.41, 5.74) is 0.513. The maximum Gasteiger partial charge on any atom is 0.405 e. The molecule has 0 bridgehead atoms. The Hall–Kier alpha value is -1.96. The molecular weight excluding hydrogens is 289 g/mol. The molecule has 2 atom stereocenters. The molecule has 5 nitrogen and oxygen atoms in total. The van der Waals surface area contributed by atoms with Gasteiger partial charge < -0.3 is 20.5 Å². The number of carbonyl (C=O) groups excluding carboxylic acids is 1. The molecule has 0 aliphatic rings. The highest BCUT2D eigenvalue weighted by Gasteiger charge is 2.28. The number of amides is 2. The molecule has 0 heterocycles. The smallest absolute Gasteiger partial charge is 0.405 e. The second kappa shape index (κ2) is 7.16. The van der Waals surface area contributed by atoms with Gasteiger partial charge in [-0.05, 0) is 24.6 Å². The highest BCUT2D eigenvalue weighted by molar-refractivity contribution is 5.74. The number of rotatable bonds is 5. The van der Waals surface area contributed by atoms with Crippen LogP contribution in [0.25, 0.3) is 0 Å². The fourth-order valence-corrected chi connectivity index (χ4v) is 1.61. The number of urea groups is 1. The van der Waals surface area contributed by atoms with Crippen LogP contribution in [0.1, 0.15) is 18.6 Å². The van der Waals surface area contributed by atoms with E-state index in [1.165, 1.54) is 14.0 Å². The molecule has 8 heteroatoms. The highest BCUT2D eigenvalue weighted by atomic mass is 19.4. The molecule has 0 saturated carbocycles. The molecule has 0 aromatic heterocycles. The Bertz CT molecular complexity index is 463. The minimum absolute atomic E-state index is 0.513. The third kappa shape index (κ3) is 5.90. The molecular formula is C13H17F3N2O3. The number of alkyl halides is 3. The molecule has 0 radical (unpaired) electrons. The van der Waals surface area contributed by atoms with Crippen molar-refractivity contribution in [2.75, 3.05) is 13.7 Å². The molecule has 2 unspecified atom stereocenters. The lowest BCUT2D eigenvalue weighted by Gasteiger charge is -2.21. The lowest BCUT2D eigenvalue weighted by Crippen LogP contribution is -2.46. The predicted octanol–water partition coefficient (Wildman–Crippen LogP) is 1.98. The number of hydrogen-bond acceptors (Lipinski definition) is 3. The third-order valence-corrected chi connectivity index (χ3v) is 2.74. The number of aliphatic hydroxyl groups is 1. The Balaban J connectivity index is 2.53. The standard InChI is InChI=1S/C13H17F3N2O3/c1-8(18-12(20)17-7-13(14,15)16)11(19)9-3-5-10(21-2)6-4-9/h3-6,8,11,19H,7H2,1-2H3,(H2,17,18,20). The first-order valence-corrected chi connectivity index (χ1v) is 6.16. The minimum atomic E-state index is -4.48. The number of nitrogens with one attached hydrogen (secondary N) is 2. The summed E-state index contributed by atoms with van der Waals surface area (Å²) in [4.78, 5) is 11.3. The van der Waals surface area contributed by atoms with Crippen LogP contribution < -0.4 is 15.4 Å². The van der Waals surface area contributed by atoms with Gasteiger partial charge in [-0.3, -0.25) is 0 Å². The van der Waals surface area contributed by atoms with Crippen LogP contribution in [0.15, 0.2) is 24.3 Å². The van der Waals surface area contributed by atoms with E-state index in [1.807, 2.05) is 0 Å². The van der Waals surface area contributed by atoms with Gasteiger partial charge in [0.2, 0.25) is 0 Å². The lowest BCUT2D eigenvalue weighted by atomic mass is 10.0. The average molecular weight is 306 g/mol. The molecule has 0 aliphatic carbocycles. The zero-order valence-electron chi connectivity index (χ0n) is 11.6. The summed E-state index contributed by atoms with van der Waals surface area (Å²) in [7, 11) is 1.50. The van der Waals surface area contributed by atoms with Gasteiger partial charge in [-0.15, -0.1) is 0 Å². The Morgan fingerprint density at radius 1 is 1.33 bits per heavy atom. The van der Waals surface area contributed by atoms with Crippen LogP contribution in [0.3, 0.4) is 0 Å². The normalized spacial score (nSPS) is 14.2. The van der Waals surface area contributed by atoms with E-state index in [9.17, 15) is 23.1 Å². The van der Waals surface area contributed by atoms with E-state index in [0.29, 0.717) is 11.3 Å². The molecule has 1 aromatic rings. The Morgan fingerprint density at radius 2 is 1.90 bits per heavy atom. The lowest BCUT2D eigenvalue weighted by molar-refractivity contribution is -0.122. The van der Waals surface area contributed by atoms with Crippen LogP contribution in [0.5, 0.6) is 5.75 Å². The highest BCUT2D eigenvalue weighted by Crippen LogP contribution is 2.20. The van der Waals surface area contributed by atoms with Gasteiger partial charge in [0, 0.05) is 0 Å². The van der Waals surface area contributed by atoms with Crippen molar-refractivity contribution in [1.29, 1.82) is 0 Å². The first kappa shape index (κ1) is 17.1. The summed E-state index contributed by atoms with van der Waals surface area (Å²) in [6.45, 7) is 0.0618. The Labute approximate surface area is 120 Å². The molecule has 1 rings (SSSR count). The van der Waals surface area contributed by atoms with Crippen molar-refractivity contribution in [3.63, 3.8) is 0 Å². The fraction of sp³-hybridized carbons (Fsp3) is 0.462. The van der Waals surface area contributed by atoms with Gasteiger partial charge in [-0.1, -0.05) is 12.1 Å². The summed E-state index contributed by atoms with van der Waals surface area (Å²) < 4.78 is 40.8. The van der Waals surface area contributed by atoms with Gasteiger partial charge in [-0.25, -0.2) is 4.79 Å². The number of methoxy groups -OCH3 is 1. The van der Waals surface area contributed by atoms with Crippen LogP contribution in [-0.2, 0) is 0 Å². The number of benzene rings is 1. The van der Waals surface area contributed by atoms with E-state index in [2.05, 4.69) is 5.32 Å². The molecule has 21 heavy (non-hydrogen) atoms. The number of carbonyl (C=O) groups is 1. The molecule has 2 amide bonds. The summed E-state index contributed by atoms with van der Waals surface area (Å²) in [6, 6.07) is 4.73. The summed E-state index contributed by atoms with van der Waals surface area (Å²) in [6.07, 6.45) is -5.53. The van der Waals surface area contributed by atoms with Crippen molar-refractivity contribution in [2.24, 2.45) is 0 Å². The molecule has 0 saturated heterocycles. The van der Waals surface area contributed by atoms with Crippen molar-refractivity contribution >= 4 is 6.03 Å². The van der Waals surface area contributed by atoms with E-state index in [1.54, 1.807) is 29.6 Å². The van der Waals surface area contributed by atoms with Crippen LogP contribution in [-0.4, -0.2) is 37.0 Å². The van der Waals surface area contributed by atoms with Gasteiger partial charge in [0.15, 0.2) is 0 Å². The summed E-state index contributed by atoms with van der Waals surface area (Å²) in [5.74, 6) is 0.606. The second-order valence-electron chi connectivity index (χ2n) is 4.45. The van der Waals surface area contributed by atoms with Crippen molar-refractivity contribution in [3.05, 3.63) is 29.8 Å². The van der Waals surface area contributed by atoms with E-state index in [-0.39, 0.29) is 0 Å². The fourth-order valence-electron chi connectivity index (χ4n) is 1.61. The molecule has 118 valence electrons. The maximum absolute atomic E-state index is 11.9. The van der Waals surface area contributed by atoms with Crippen LogP contribution >= 0.6 is 0 Å². The number of aliphatic hydroxyl groups excluding tert-OH is 1. The van der Waals surface area contributed by atoms with Crippen molar-refractivity contribution < 1.29 is 27.8 Å². The minimum Gasteiger partial charge on any atom is -0.497 e. The van der Waals surface area contributed by atoms with Crippen molar-refractivity contribution in [3.8, 4) is 5.75 Å². The molecule has 0 fully saturated rings. The third-order valence-electron chi connectivity index (χ3n) is 2.74. The largest absolute Gasteiger partial charge is 0.497 e. The van der Waals surface area contributed by atoms with Crippen molar-refractivity contribution in [2.45, 2.75) is 25.2 Å². The van der Waals surface area contributed by atoms with Crippen LogP contribution in [0.4, 0.5) is 18.0 Å². The van der Waals surface area contributed by atoms with Gasteiger partial charge in [0.05, 0.1) is 19.3 Å². The first-order chi connectivity index (χ1) is 9.73. The van der Waals surface area contributed by atoms with Gasteiger partial charge in [0.1, 0.15) is 12.3 Å². The van der Waals surface area contributed by atoms with Crippen LogP contribution in [0, 0.1) is 0 Å². The topological polar surface area (TPSA) is 70.6 Å². The second-order valence-corrected chi connectivity index (χ2v) is 4.45. The first-order valence-electron chi connectivity index (χ1n) is 6.16. The van der Waals surface area contributed by atoms with Gasteiger partial charge >= 0.3 is 12.2 Å². The zero-order valence-corrected chi connectivity index (χ0v) is 11.6. The number of hydrogen-bond donors (Lipinski definition) is 3. The van der Waals surface area contributed by atoms with Crippen LogP contribution in [0.2, 0.25) is 0 Å². The Kier molecular flexibility index (Phi) is 5.83. The SMILES string of the molecule is COc1ccc(C(O)C(C)NC(=O)NCC(F)(F)F)cc1. The van der Waals surface area contributed by atoms with Gasteiger partial charge in [-0.2, -0.15) is 13.2 Å². The predicted molar refractivity (Wildman–Crippen MR) is 70.0 cm³/mol. The monoisotopic (exact) mass is 306 g/mol. The van der Waals surface area contributed by atoms with E-state index < -0.39 is 30.9 Å². The molecule has 0 spiro atoms. The van der Waals surface area contributed by atoms with E-state index in [0.717, 1.165) is 0 Å². The average Bonchev–Trinajstić information content (AvgIpc) is 2.43. The van der Waals surface area contributed by atoms with Crippen molar-refractivity contribution in [1.82, 2.24) is 10.6 Å². The summed E-state index contributed by atoms with van der Waals surface area (Å²) in [5, 5.41) is 13.9. The quantitative estimate of drug-likeness (QED) is 0.779. The zero-order chi connectivity index (χ0) is 16.0. The Morgan fingerprint density at radius 3 is 2.38 bits per heavy atom. The number of halogens is 3. The van der Waals surface area contributed by atoms with E-state index >= 15 is 0 Å². The molecule has 3 N–H and O–H groups in total. The summed E-state index contributed by atoms with van der Waals surface area (Å²) >= 11 is 0. The number of ether oxygens (including phenoxy) is 1. The maximum atomic E-state index is 11.9. The molecule has 1 aromatic carbocycles. The van der Waals surface area contributed by atoms with E-state index in [4.69, 9.17) is 4.74 Å².